The maximum atomic E-state index is 13.3. The lowest BCUT2D eigenvalue weighted by molar-refractivity contribution is -0.141. The van der Waals surface area contributed by atoms with E-state index >= 15 is 0 Å². The molecule has 0 spiro atoms. The first kappa shape index (κ1) is 23.7. The van der Waals surface area contributed by atoms with E-state index in [2.05, 4.69) is 5.32 Å². The highest BCUT2D eigenvalue weighted by Gasteiger charge is 2.24. The minimum absolute atomic E-state index is 0.0748. The average Bonchev–Trinajstić information content (AvgIpc) is 3.04. The molecule has 3 aromatic rings. The molecule has 1 heterocycles. The van der Waals surface area contributed by atoms with Crippen molar-refractivity contribution in [1.82, 2.24) is 9.88 Å². The Morgan fingerprint density at radius 1 is 1.19 bits per heavy atom. The van der Waals surface area contributed by atoms with Crippen LogP contribution in [0.15, 0.2) is 42.5 Å². The van der Waals surface area contributed by atoms with Crippen molar-refractivity contribution in [3.05, 3.63) is 64.3 Å². The number of hydrogen-bond acceptors (Lipinski definition) is 5. The average molecular weight is 475 g/mol. The molecule has 0 radical (unpaired) electrons. The number of fused-ring (bicyclic) bond motifs is 1. The summed E-state index contributed by atoms with van der Waals surface area (Å²) in [6.45, 7) is 1.76. The van der Waals surface area contributed by atoms with Crippen LogP contribution < -0.4 is 10.1 Å². The van der Waals surface area contributed by atoms with E-state index in [0.717, 1.165) is 0 Å². The molecule has 1 aromatic heterocycles. The summed E-state index contributed by atoms with van der Waals surface area (Å²) in [7, 11) is 1.54. The van der Waals surface area contributed by atoms with Gasteiger partial charge in [-0.3, -0.25) is 14.2 Å². The number of carbonyl (C=O) groups is 3. The number of amides is 1. The predicted molar refractivity (Wildman–Crippen MR) is 126 cm³/mol. The lowest BCUT2D eigenvalue weighted by atomic mass is 10.1. The van der Waals surface area contributed by atoms with Crippen LogP contribution in [0, 0.1) is 6.92 Å². The molecule has 0 unspecified atom stereocenters. The summed E-state index contributed by atoms with van der Waals surface area (Å²) < 4.78 is 6.88. The van der Waals surface area contributed by atoms with E-state index in [1.165, 1.54) is 18.9 Å². The van der Waals surface area contributed by atoms with E-state index in [9.17, 15) is 19.5 Å². The van der Waals surface area contributed by atoms with Gasteiger partial charge in [0, 0.05) is 27.4 Å². The van der Waals surface area contributed by atoms with Gasteiger partial charge in [0.2, 0.25) is 5.91 Å². The van der Waals surface area contributed by atoms with Gasteiger partial charge in [0.05, 0.1) is 19.0 Å². The van der Waals surface area contributed by atoms with Crippen molar-refractivity contribution in [1.29, 1.82) is 0 Å². The Bertz CT molecular complexity index is 1170. The Morgan fingerprint density at radius 2 is 1.88 bits per heavy atom. The Morgan fingerprint density at radius 3 is 2.47 bits per heavy atom. The third-order valence-electron chi connectivity index (χ3n) is 5.14. The molecule has 0 aliphatic carbocycles. The van der Waals surface area contributed by atoms with Gasteiger partial charge in [-0.25, -0.2) is 4.79 Å². The maximum absolute atomic E-state index is 13.3. The van der Waals surface area contributed by atoms with Crippen LogP contribution in [-0.4, -0.2) is 52.6 Å². The summed E-state index contributed by atoms with van der Waals surface area (Å²) in [5.74, 6) is -0.945. The van der Waals surface area contributed by atoms with E-state index in [1.807, 2.05) is 0 Å². The van der Waals surface area contributed by atoms with Gasteiger partial charge in [-0.15, -0.1) is 0 Å². The molecule has 32 heavy (non-hydrogen) atoms. The molecule has 2 aromatic carbocycles. The second-order valence-corrected chi connectivity index (χ2v) is 8.53. The fourth-order valence-corrected chi connectivity index (χ4v) is 4.23. The quantitative estimate of drug-likeness (QED) is 0.515. The van der Waals surface area contributed by atoms with E-state index in [-0.39, 0.29) is 18.1 Å². The lowest BCUT2D eigenvalue weighted by Crippen LogP contribution is -2.43. The number of hydrogen-bond donors (Lipinski definition) is 2. The summed E-state index contributed by atoms with van der Waals surface area (Å²) in [5, 5.41) is 13.1. The van der Waals surface area contributed by atoms with E-state index < -0.39 is 17.9 Å². The third kappa shape index (κ3) is 4.92. The smallest absolute Gasteiger partial charge is 0.327 e. The van der Waals surface area contributed by atoms with Gasteiger partial charge in [0.1, 0.15) is 11.8 Å². The van der Waals surface area contributed by atoms with Crippen LogP contribution in [0.3, 0.4) is 0 Å². The first-order valence-corrected chi connectivity index (χ1v) is 11.5. The van der Waals surface area contributed by atoms with Crippen LogP contribution in [0.5, 0.6) is 5.75 Å². The number of halogens is 1. The molecule has 0 saturated heterocycles. The van der Waals surface area contributed by atoms with Crippen LogP contribution >= 0.6 is 23.4 Å². The van der Waals surface area contributed by atoms with Gasteiger partial charge < -0.3 is 15.2 Å². The number of aliphatic carboxylic acids is 1. The Hall–Kier alpha value is -2.97. The Kier molecular flexibility index (Phi) is 7.48. The molecule has 0 saturated carbocycles. The number of carbonyl (C=O) groups excluding carboxylic acids is 2. The van der Waals surface area contributed by atoms with Crippen LogP contribution in [0.4, 0.5) is 0 Å². The fourth-order valence-electron chi connectivity index (χ4n) is 3.54. The second-order valence-electron chi connectivity index (χ2n) is 7.18. The summed E-state index contributed by atoms with van der Waals surface area (Å²) in [5.41, 5.74) is 2.31. The number of methoxy groups -OCH3 is 1. The van der Waals surface area contributed by atoms with Crippen LogP contribution in [0.25, 0.3) is 10.9 Å². The molecule has 0 aliphatic rings. The zero-order valence-electron chi connectivity index (χ0n) is 17.8. The van der Waals surface area contributed by atoms with Gasteiger partial charge in [0.25, 0.3) is 5.91 Å². The van der Waals surface area contributed by atoms with Crippen molar-refractivity contribution in [2.24, 2.45) is 0 Å². The number of benzene rings is 2. The summed E-state index contributed by atoms with van der Waals surface area (Å²) in [6.07, 6.45) is 1.70. The van der Waals surface area contributed by atoms with Gasteiger partial charge in [-0.2, -0.15) is 11.8 Å². The van der Waals surface area contributed by atoms with Crippen LogP contribution in [-0.2, 0) is 16.0 Å². The Labute approximate surface area is 194 Å². The molecule has 0 fully saturated rings. The van der Waals surface area contributed by atoms with E-state index in [4.69, 9.17) is 16.3 Å². The molecule has 2 N–H and O–H groups in total. The minimum atomic E-state index is -1.09. The number of carboxylic acid groups (broad SMARTS) is 1. The normalized spacial score (nSPS) is 11.9. The minimum Gasteiger partial charge on any atom is -0.497 e. The molecular weight excluding hydrogens is 452 g/mol. The number of ether oxygens (including phenoxy) is 1. The van der Waals surface area contributed by atoms with E-state index in [1.54, 1.807) is 60.2 Å². The van der Waals surface area contributed by atoms with Gasteiger partial charge in [-0.1, -0.05) is 11.6 Å². The topological polar surface area (TPSA) is 97.6 Å². The maximum Gasteiger partial charge on any atom is 0.327 e. The number of carboxylic acids is 1. The number of nitrogens with zero attached hydrogens (tertiary/aromatic N) is 1. The second kappa shape index (κ2) is 10.1. The summed E-state index contributed by atoms with van der Waals surface area (Å²) in [6, 6.07) is 10.9. The molecule has 168 valence electrons. The highest BCUT2D eigenvalue weighted by Crippen LogP contribution is 2.31. The van der Waals surface area contributed by atoms with Crippen molar-refractivity contribution >= 4 is 52.0 Å². The highest BCUT2D eigenvalue weighted by molar-refractivity contribution is 7.98. The third-order valence-corrected chi connectivity index (χ3v) is 6.06. The lowest BCUT2D eigenvalue weighted by Gasteiger charge is -2.13. The standard InChI is InChI=1S/C23H23ClN2O5S/c1-13-17(11-21(27)25-19(12-32-3)23(29)30)18-10-16(31-2)8-9-20(18)26(13)22(28)14-4-6-15(24)7-5-14/h4-10,19H,11-12H2,1-3H3,(H,25,27)(H,29,30)/t19-/m0/s1. The van der Waals surface area contributed by atoms with Crippen molar-refractivity contribution < 1.29 is 24.2 Å². The van der Waals surface area contributed by atoms with Crippen molar-refractivity contribution in [3.63, 3.8) is 0 Å². The number of nitrogens with one attached hydrogen (secondary N) is 1. The van der Waals surface area contributed by atoms with Crippen molar-refractivity contribution in [2.45, 2.75) is 19.4 Å². The first-order valence-electron chi connectivity index (χ1n) is 9.76. The van der Waals surface area contributed by atoms with Gasteiger partial charge in [0.15, 0.2) is 0 Å². The summed E-state index contributed by atoms with van der Waals surface area (Å²) >= 11 is 7.28. The number of thioether (sulfide) groups is 1. The zero-order chi connectivity index (χ0) is 23.4. The molecule has 1 amide bonds. The SMILES string of the molecule is COc1ccc2c(c1)c(CC(=O)N[C@@H](CSC)C(=O)O)c(C)n2C(=O)c1ccc(Cl)cc1. The predicted octanol–water partition coefficient (Wildman–Crippen LogP) is 3.78. The molecule has 3 rings (SSSR count). The van der Waals surface area contributed by atoms with Crippen LogP contribution in [0.1, 0.15) is 21.6 Å². The zero-order valence-corrected chi connectivity index (χ0v) is 19.4. The molecule has 0 bridgehead atoms. The molecule has 7 nitrogen and oxygen atoms in total. The summed E-state index contributed by atoms with van der Waals surface area (Å²) in [4.78, 5) is 37.4. The molecular formula is C23H23ClN2O5S. The van der Waals surface area contributed by atoms with Crippen molar-refractivity contribution in [3.8, 4) is 5.75 Å². The monoisotopic (exact) mass is 474 g/mol. The molecule has 1 atom stereocenters. The van der Waals surface area contributed by atoms with Gasteiger partial charge >= 0.3 is 5.97 Å². The largest absolute Gasteiger partial charge is 0.497 e. The van der Waals surface area contributed by atoms with E-state index in [0.29, 0.717) is 38.5 Å². The molecule has 0 aliphatic heterocycles. The van der Waals surface area contributed by atoms with Gasteiger partial charge in [-0.05, 0) is 61.2 Å². The van der Waals surface area contributed by atoms with Crippen LogP contribution in [0.2, 0.25) is 5.02 Å². The fraction of sp³-hybridized carbons (Fsp3) is 0.261. The number of rotatable bonds is 8. The molecule has 9 heteroatoms. The van der Waals surface area contributed by atoms with Crippen molar-refractivity contribution in [2.75, 3.05) is 19.1 Å². The highest BCUT2D eigenvalue weighted by atomic mass is 35.5. The number of aromatic nitrogens is 1. The Balaban J connectivity index is 2.05. The first-order chi connectivity index (χ1) is 15.3.